The number of nitrogens with one attached hydrogen (secondary N) is 1. The number of benzene rings is 1. The maximum absolute atomic E-state index is 9.84. The lowest BCUT2D eigenvalue weighted by molar-refractivity contribution is 0.481. The Labute approximate surface area is 87.9 Å². The Bertz CT molecular complexity index is 570. The van der Waals surface area contributed by atoms with Crippen LogP contribution in [-0.2, 0) is 5.41 Å². The van der Waals surface area contributed by atoms with Crippen LogP contribution < -0.4 is 0 Å². The van der Waals surface area contributed by atoms with E-state index in [1.165, 1.54) is 0 Å². The van der Waals surface area contributed by atoms with E-state index in [9.17, 15) is 5.11 Å². The lowest BCUT2D eigenvalue weighted by atomic mass is 9.96. The first-order valence-corrected chi connectivity index (χ1v) is 5.04. The fourth-order valence-corrected chi connectivity index (χ4v) is 2.16. The molecule has 1 heterocycles. The molecule has 74 valence electrons. The van der Waals surface area contributed by atoms with Gasteiger partial charge in [-0.1, -0.05) is 12.0 Å². The van der Waals surface area contributed by atoms with Gasteiger partial charge in [-0.05, 0) is 30.5 Å². The number of rotatable bonds is 1. The van der Waals surface area contributed by atoms with E-state index in [0.717, 1.165) is 29.3 Å². The average molecular weight is 197 g/mol. The van der Waals surface area contributed by atoms with E-state index >= 15 is 0 Å². The molecule has 2 heteroatoms. The average Bonchev–Trinajstić information content (AvgIpc) is 2.92. The lowest BCUT2D eigenvalue weighted by Crippen LogP contribution is -2.00. The molecular formula is C13H11NO. The molecule has 2 nitrogen and oxygen atoms in total. The number of aromatic hydroxyl groups is 1. The van der Waals surface area contributed by atoms with Gasteiger partial charge in [0.2, 0.25) is 0 Å². The van der Waals surface area contributed by atoms with Crippen LogP contribution in [0, 0.1) is 12.3 Å². The molecule has 15 heavy (non-hydrogen) atoms. The molecule has 1 saturated carbocycles. The Kier molecular flexibility index (Phi) is 1.45. The number of fused-ring (bicyclic) bond motifs is 1. The van der Waals surface area contributed by atoms with Crippen LogP contribution in [0.4, 0.5) is 0 Å². The summed E-state index contributed by atoms with van der Waals surface area (Å²) in [6.45, 7) is 0. The Morgan fingerprint density at radius 2 is 2.20 bits per heavy atom. The van der Waals surface area contributed by atoms with Gasteiger partial charge in [0.25, 0.3) is 0 Å². The fraction of sp³-hybridized carbons (Fsp3) is 0.231. The number of phenols is 1. The molecule has 1 fully saturated rings. The van der Waals surface area contributed by atoms with Crippen molar-refractivity contribution in [3.05, 3.63) is 30.0 Å². The van der Waals surface area contributed by atoms with Crippen LogP contribution in [0.3, 0.4) is 0 Å². The van der Waals surface area contributed by atoms with Crippen LogP contribution in [0.25, 0.3) is 10.9 Å². The molecule has 1 aromatic carbocycles. The van der Waals surface area contributed by atoms with Crippen LogP contribution in [-0.4, -0.2) is 10.1 Å². The molecule has 0 spiro atoms. The van der Waals surface area contributed by atoms with Crippen molar-refractivity contribution in [3.8, 4) is 18.1 Å². The minimum absolute atomic E-state index is 0.128. The summed E-state index contributed by atoms with van der Waals surface area (Å²) in [5.41, 5.74) is 1.89. The van der Waals surface area contributed by atoms with Crippen molar-refractivity contribution in [1.29, 1.82) is 0 Å². The van der Waals surface area contributed by atoms with Crippen molar-refractivity contribution >= 4 is 10.9 Å². The topological polar surface area (TPSA) is 36.0 Å². The third kappa shape index (κ3) is 1.01. The summed E-state index contributed by atoms with van der Waals surface area (Å²) in [6.07, 6.45) is 9.52. The number of H-pyrrole nitrogens is 1. The van der Waals surface area contributed by atoms with E-state index in [1.54, 1.807) is 6.07 Å². The van der Waals surface area contributed by atoms with Gasteiger partial charge in [0, 0.05) is 17.1 Å². The van der Waals surface area contributed by atoms with Gasteiger partial charge in [-0.25, -0.2) is 0 Å². The van der Waals surface area contributed by atoms with Gasteiger partial charge in [0.15, 0.2) is 0 Å². The molecule has 0 atom stereocenters. The summed E-state index contributed by atoms with van der Waals surface area (Å²) in [5, 5.41) is 10.7. The summed E-state index contributed by atoms with van der Waals surface area (Å²) in [5.74, 6) is 3.15. The van der Waals surface area contributed by atoms with E-state index in [0.29, 0.717) is 5.75 Å². The lowest BCUT2D eigenvalue weighted by Gasteiger charge is -2.06. The Hall–Kier alpha value is -1.88. The maximum atomic E-state index is 9.84. The molecule has 1 aromatic heterocycles. The third-order valence-electron chi connectivity index (χ3n) is 3.23. The first kappa shape index (κ1) is 8.43. The number of aromatic amines is 1. The molecule has 0 radical (unpaired) electrons. The van der Waals surface area contributed by atoms with Gasteiger partial charge in [-0.15, -0.1) is 6.42 Å². The van der Waals surface area contributed by atoms with Crippen LogP contribution in [0.2, 0.25) is 0 Å². The second kappa shape index (κ2) is 2.58. The molecule has 1 aliphatic carbocycles. The summed E-state index contributed by atoms with van der Waals surface area (Å²) in [4.78, 5) is 3.15. The first-order chi connectivity index (χ1) is 7.27. The van der Waals surface area contributed by atoms with Crippen molar-refractivity contribution < 1.29 is 5.11 Å². The highest BCUT2D eigenvalue weighted by Crippen LogP contribution is 2.51. The number of phenolic OH excluding ortho intramolecular Hbond substituents is 1. The standard InChI is InChI=1S/C13H11NO/c1-2-13(6-7-13)9-8-14-10-4-3-5-11(15)12(9)10/h1,3-5,8,14-15H,6-7H2. The highest BCUT2D eigenvalue weighted by molar-refractivity contribution is 5.91. The van der Waals surface area contributed by atoms with E-state index in [1.807, 2.05) is 18.3 Å². The number of aromatic nitrogens is 1. The van der Waals surface area contributed by atoms with Gasteiger partial charge in [-0.2, -0.15) is 0 Å². The minimum atomic E-state index is -0.128. The zero-order valence-electron chi connectivity index (χ0n) is 8.25. The van der Waals surface area contributed by atoms with Crippen LogP contribution >= 0.6 is 0 Å². The number of terminal acetylenes is 1. The molecule has 0 bridgehead atoms. The predicted molar refractivity (Wildman–Crippen MR) is 59.7 cm³/mol. The van der Waals surface area contributed by atoms with Crippen molar-refractivity contribution in [1.82, 2.24) is 4.98 Å². The highest BCUT2D eigenvalue weighted by Gasteiger charge is 2.44. The largest absolute Gasteiger partial charge is 0.507 e. The smallest absolute Gasteiger partial charge is 0.125 e. The Morgan fingerprint density at radius 3 is 2.87 bits per heavy atom. The van der Waals surface area contributed by atoms with Gasteiger partial charge in [0.1, 0.15) is 5.75 Å². The molecule has 3 rings (SSSR count). The monoisotopic (exact) mass is 197 g/mol. The second-order valence-electron chi connectivity index (χ2n) is 4.13. The summed E-state index contributed by atoms with van der Waals surface area (Å²) in [6, 6.07) is 5.48. The minimum Gasteiger partial charge on any atom is -0.507 e. The molecule has 0 aliphatic heterocycles. The van der Waals surface area contributed by atoms with E-state index in [2.05, 4.69) is 10.9 Å². The SMILES string of the molecule is C#CC1(c2c[nH]c3cccc(O)c23)CC1. The normalized spacial score (nSPS) is 17.5. The van der Waals surface area contributed by atoms with Gasteiger partial charge in [0.05, 0.1) is 5.41 Å². The first-order valence-electron chi connectivity index (χ1n) is 5.04. The molecule has 0 unspecified atom stereocenters. The molecule has 2 N–H and O–H groups in total. The van der Waals surface area contributed by atoms with Crippen molar-refractivity contribution in [3.63, 3.8) is 0 Å². The van der Waals surface area contributed by atoms with Crippen LogP contribution in [0.5, 0.6) is 5.75 Å². The predicted octanol–water partition coefficient (Wildman–Crippen LogP) is 2.54. The zero-order chi connectivity index (χ0) is 10.5. The van der Waals surface area contributed by atoms with Crippen molar-refractivity contribution in [2.24, 2.45) is 0 Å². The maximum Gasteiger partial charge on any atom is 0.125 e. The molecule has 2 aromatic rings. The quantitative estimate of drug-likeness (QED) is 0.677. The number of hydrogen-bond donors (Lipinski definition) is 2. The molecule has 0 amide bonds. The summed E-state index contributed by atoms with van der Waals surface area (Å²) < 4.78 is 0. The third-order valence-corrected chi connectivity index (χ3v) is 3.23. The molecule has 0 saturated heterocycles. The van der Waals surface area contributed by atoms with Gasteiger partial charge in [-0.3, -0.25) is 0 Å². The molecular weight excluding hydrogens is 186 g/mol. The Morgan fingerprint density at radius 1 is 1.40 bits per heavy atom. The summed E-state index contributed by atoms with van der Waals surface area (Å²) >= 11 is 0. The van der Waals surface area contributed by atoms with E-state index in [4.69, 9.17) is 6.42 Å². The zero-order valence-corrected chi connectivity index (χ0v) is 8.25. The van der Waals surface area contributed by atoms with Crippen molar-refractivity contribution in [2.45, 2.75) is 18.3 Å². The molecule has 1 aliphatic rings. The fourth-order valence-electron chi connectivity index (χ4n) is 2.16. The van der Waals surface area contributed by atoms with Crippen LogP contribution in [0.1, 0.15) is 18.4 Å². The van der Waals surface area contributed by atoms with E-state index < -0.39 is 0 Å². The van der Waals surface area contributed by atoms with Crippen molar-refractivity contribution in [2.75, 3.05) is 0 Å². The van der Waals surface area contributed by atoms with Crippen LogP contribution in [0.15, 0.2) is 24.4 Å². The Balaban J connectivity index is 2.34. The highest BCUT2D eigenvalue weighted by atomic mass is 16.3. The number of hydrogen-bond acceptors (Lipinski definition) is 1. The van der Waals surface area contributed by atoms with Gasteiger partial charge >= 0.3 is 0 Å². The van der Waals surface area contributed by atoms with Gasteiger partial charge < -0.3 is 10.1 Å². The second-order valence-corrected chi connectivity index (χ2v) is 4.13. The summed E-state index contributed by atoms with van der Waals surface area (Å²) in [7, 11) is 0. The van der Waals surface area contributed by atoms with E-state index in [-0.39, 0.29) is 5.41 Å².